The number of fused-ring (bicyclic) bond motifs is 1. The number of carbonyl (C=O) groups is 3. The molecular weight excluding hydrogens is 530 g/mol. The topological polar surface area (TPSA) is 117 Å². The molecule has 2 aromatic carbocycles. The Morgan fingerprint density at radius 3 is 2.33 bits per heavy atom. The van der Waals surface area contributed by atoms with E-state index in [4.69, 9.17) is 15.6 Å². The van der Waals surface area contributed by atoms with Crippen molar-refractivity contribution in [3.63, 3.8) is 0 Å². The van der Waals surface area contributed by atoms with Crippen LogP contribution in [0.4, 0.5) is 0 Å². The van der Waals surface area contributed by atoms with Gasteiger partial charge in [0.25, 0.3) is 5.91 Å². The maximum Gasteiger partial charge on any atom is 0.257 e. The lowest BCUT2D eigenvalue weighted by Gasteiger charge is -2.41. The third kappa shape index (κ3) is 6.57. The molecule has 3 aliphatic rings. The molecular formula is C33H43N5O4. The summed E-state index contributed by atoms with van der Waals surface area (Å²) in [5.41, 5.74) is 6.81. The lowest BCUT2D eigenvalue weighted by atomic mass is 9.73. The van der Waals surface area contributed by atoms with Gasteiger partial charge >= 0.3 is 0 Å². The van der Waals surface area contributed by atoms with E-state index in [1.54, 1.807) is 23.8 Å². The number of benzene rings is 2. The van der Waals surface area contributed by atoms with Gasteiger partial charge in [0, 0.05) is 19.5 Å². The average molecular weight is 574 g/mol. The van der Waals surface area contributed by atoms with Gasteiger partial charge in [-0.2, -0.15) is 5.10 Å². The first kappa shape index (κ1) is 29.9. The fourth-order valence-corrected chi connectivity index (χ4v) is 6.26. The van der Waals surface area contributed by atoms with Crippen molar-refractivity contribution in [2.45, 2.75) is 83.0 Å². The summed E-state index contributed by atoms with van der Waals surface area (Å²) >= 11 is 0. The van der Waals surface area contributed by atoms with Crippen molar-refractivity contribution in [3.8, 4) is 0 Å². The highest BCUT2D eigenvalue weighted by atomic mass is 16.5. The van der Waals surface area contributed by atoms with Crippen LogP contribution in [0.25, 0.3) is 0 Å². The van der Waals surface area contributed by atoms with Gasteiger partial charge in [0.2, 0.25) is 11.8 Å². The SMILES string of the molecule is CC(C)(N)C(=O)N[C@H](COCc1ccccc1)C(=O)N1CCC2=NN(C3CCCCC3)C(=O)C2(Cc2ccccc2)C1. The number of hydrogen-bond acceptors (Lipinski definition) is 6. The van der Waals surface area contributed by atoms with Crippen molar-refractivity contribution < 1.29 is 19.1 Å². The molecule has 0 radical (unpaired) electrons. The molecule has 0 aromatic heterocycles. The molecule has 42 heavy (non-hydrogen) atoms. The summed E-state index contributed by atoms with van der Waals surface area (Å²) in [7, 11) is 0. The Hall–Kier alpha value is -3.56. The number of nitrogens with zero attached hydrogens (tertiary/aromatic N) is 3. The Morgan fingerprint density at radius 2 is 1.69 bits per heavy atom. The number of hydrogen-bond donors (Lipinski definition) is 2. The van der Waals surface area contributed by atoms with Crippen LogP contribution in [-0.4, -0.2) is 70.7 Å². The van der Waals surface area contributed by atoms with Crippen LogP contribution in [0.5, 0.6) is 0 Å². The summed E-state index contributed by atoms with van der Waals surface area (Å²) in [4.78, 5) is 43.0. The molecule has 2 aromatic rings. The minimum absolute atomic E-state index is 0.0131. The highest BCUT2D eigenvalue weighted by Crippen LogP contribution is 2.41. The van der Waals surface area contributed by atoms with Gasteiger partial charge in [-0.15, -0.1) is 0 Å². The van der Waals surface area contributed by atoms with Crippen molar-refractivity contribution in [1.82, 2.24) is 15.2 Å². The monoisotopic (exact) mass is 573 g/mol. The minimum Gasteiger partial charge on any atom is -0.374 e. The molecule has 1 saturated carbocycles. The van der Waals surface area contributed by atoms with E-state index in [1.807, 2.05) is 60.7 Å². The summed E-state index contributed by atoms with van der Waals surface area (Å²) in [6.07, 6.45) is 6.25. The average Bonchev–Trinajstić information content (AvgIpc) is 3.28. The zero-order chi connectivity index (χ0) is 29.7. The highest BCUT2D eigenvalue weighted by Gasteiger charge is 2.55. The molecule has 5 rings (SSSR count). The molecule has 2 atom stereocenters. The predicted molar refractivity (Wildman–Crippen MR) is 161 cm³/mol. The second kappa shape index (κ2) is 12.8. The van der Waals surface area contributed by atoms with E-state index >= 15 is 0 Å². The normalized spacial score (nSPS) is 22.0. The number of amides is 3. The minimum atomic E-state index is -1.17. The Morgan fingerprint density at radius 1 is 1.05 bits per heavy atom. The van der Waals surface area contributed by atoms with Crippen molar-refractivity contribution in [2.24, 2.45) is 16.3 Å². The van der Waals surface area contributed by atoms with E-state index < -0.39 is 22.9 Å². The summed E-state index contributed by atoms with van der Waals surface area (Å²) in [5, 5.41) is 9.51. The molecule has 0 bridgehead atoms. The molecule has 2 fully saturated rings. The Bertz CT molecular complexity index is 1290. The number of ether oxygens (including phenoxy) is 1. The van der Waals surface area contributed by atoms with Crippen molar-refractivity contribution >= 4 is 23.4 Å². The molecule has 1 saturated heterocycles. The third-order valence-corrected chi connectivity index (χ3v) is 8.64. The molecule has 3 amide bonds. The van der Waals surface area contributed by atoms with Crippen LogP contribution in [0.1, 0.15) is 63.5 Å². The zero-order valence-electron chi connectivity index (χ0n) is 24.8. The summed E-state index contributed by atoms with van der Waals surface area (Å²) in [6, 6.07) is 18.8. The smallest absolute Gasteiger partial charge is 0.257 e. The van der Waals surface area contributed by atoms with Gasteiger partial charge in [-0.25, -0.2) is 5.01 Å². The van der Waals surface area contributed by atoms with Crippen LogP contribution in [0, 0.1) is 5.41 Å². The van der Waals surface area contributed by atoms with Crippen molar-refractivity contribution in [2.75, 3.05) is 19.7 Å². The van der Waals surface area contributed by atoms with Gasteiger partial charge in [-0.3, -0.25) is 14.4 Å². The molecule has 2 heterocycles. The van der Waals surface area contributed by atoms with Crippen molar-refractivity contribution in [3.05, 3.63) is 71.8 Å². The summed E-state index contributed by atoms with van der Waals surface area (Å²) < 4.78 is 5.93. The molecule has 224 valence electrons. The van der Waals surface area contributed by atoms with Gasteiger partial charge in [0.05, 0.1) is 30.5 Å². The van der Waals surface area contributed by atoms with Crippen LogP contribution < -0.4 is 11.1 Å². The first-order chi connectivity index (χ1) is 20.2. The van der Waals surface area contributed by atoms with Gasteiger partial charge in [-0.05, 0) is 44.2 Å². The summed E-state index contributed by atoms with van der Waals surface area (Å²) in [6.45, 7) is 4.11. The summed E-state index contributed by atoms with van der Waals surface area (Å²) in [5.74, 6) is -0.742. The largest absolute Gasteiger partial charge is 0.374 e. The molecule has 0 spiro atoms. The van der Waals surface area contributed by atoms with E-state index in [0.717, 1.165) is 42.5 Å². The van der Waals surface area contributed by atoms with E-state index in [-0.39, 0.29) is 31.0 Å². The fraction of sp³-hybridized carbons (Fsp3) is 0.515. The maximum absolute atomic E-state index is 14.3. The molecule has 1 unspecified atom stereocenters. The number of nitrogens with two attached hydrogens (primary N) is 1. The van der Waals surface area contributed by atoms with Gasteiger partial charge in [0.1, 0.15) is 11.5 Å². The molecule has 1 aliphatic carbocycles. The molecule has 3 N–H and O–H groups in total. The van der Waals surface area contributed by atoms with Crippen LogP contribution in [0.2, 0.25) is 0 Å². The number of nitrogens with one attached hydrogen (secondary N) is 1. The quantitative estimate of drug-likeness (QED) is 0.452. The van der Waals surface area contributed by atoms with E-state index in [1.165, 1.54) is 6.42 Å². The first-order valence-electron chi connectivity index (χ1n) is 15.1. The predicted octanol–water partition coefficient (Wildman–Crippen LogP) is 3.42. The zero-order valence-corrected chi connectivity index (χ0v) is 24.8. The van der Waals surface area contributed by atoms with Gasteiger partial charge < -0.3 is 20.7 Å². The highest BCUT2D eigenvalue weighted by molar-refractivity contribution is 6.14. The molecule has 9 nitrogen and oxygen atoms in total. The lowest BCUT2D eigenvalue weighted by Crippen LogP contribution is -2.62. The Kier molecular flexibility index (Phi) is 9.08. The Balaban J connectivity index is 1.38. The third-order valence-electron chi connectivity index (χ3n) is 8.64. The number of piperidine rings is 1. The fourth-order valence-electron chi connectivity index (χ4n) is 6.26. The molecule has 2 aliphatic heterocycles. The maximum atomic E-state index is 14.3. The standard InChI is InChI=1S/C33H43N5O4/c1-32(2,34)30(40)35-27(22-42-21-25-14-8-4-9-15-25)29(39)37-19-18-28-33(23-37,20-24-12-6-3-7-13-24)31(41)38(36-28)26-16-10-5-11-17-26/h3-4,6-9,12-15,26-27H,5,10-11,16-23,34H2,1-2H3,(H,35,40)/t27-,33?/m1/s1. The molecule has 9 heteroatoms. The van der Waals surface area contributed by atoms with Crippen molar-refractivity contribution in [1.29, 1.82) is 0 Å². The Labute approximate surface area is 248 Å². The first-order valence-corrected chi connectivity index (χ1v) is 15.1. The van der Waals surface area contributed by atoms with Crippen LogP contribution in [0.3, 0.4) is 0 Å². The van der Waals surface area contributed by atoms with Gasteiger partial charge in [0.15, 0.2) is 0 Å². The van der Waals surface area contributed by atoms with E-state index in [2.05, 4.69) is 5.32 Å². The second-order valence-corrected chi connectivity index (χ2v) is 12.5. The number of rotatable bonds is 10. The van der Waals surface area contributed by atoms with Crippen LogP contribution in [0.15, 0.2) is 65.8 Å². The van der Waals surface area contributed by atoms with Crippen LogP contribution in [-0.2, 0) is 32.1 Å². The van der Waals surface area contributed by atoms with E-state index in [9.17, 15) is 14.4 Å². The van der Waals surface area contributed by atoms with E-state index in [0.29, 0.717) is 26.0 Å². The lowest BCUT2D eigenvalue weighted by molar-refractivity contribution is -0.145. The second-order valence-electron chi connectivity index (χ2n) is 12.5. The number of hydrazone groups is 1. The van der Waals surface area contributed by atoms with Crippen LogP contribution >= 0.6 is 0 Å². The van der Waals surface area contributed by atoms with Gasteiger partial charge in [-0.1, -0.05) is 79.9 Å². The number of likely N-dealkylation sites (tertiary alicyclic amines) is 1. The number of carbonyl (C=O) groups excluding carboxylic acids is 3.